The van der Waals surface area contributed by atoms with Crippen molar-refractivity contribution in [1.82, 2.24) is 19.7 Å². The van der Waals surface area contributed by atoms with E-state index in [1.807, 2.05) is 45.3 Å². The first-order valence-corrected chi connectivity index (χ1v) is 8.76. The number of benzene rings is 1. The topological polar surface area (TPSA) is 93.3 Å². The molecule has 3 aromatic heterocycles. The van der Waals surface area contributed by atoms with Crippen LogP contribution >= 0.6 is 0 Å². The maximum atomic E-state index is 10.4. The molecule has 2 N–H and O–H groups in total. The molecular weight excluding hydrogens is 356 g/mol. The van der Waals surface area contributed by atoms with Crippen molar-refractivity contribution in [2.75, 3.05) is 7.11 Å². The zero-order valence-corrected chi connectivity index (χ0v) is 16.1. The largest absolute Gasteiger partial charge is 0.507 e. The van der Waals surface area contributed by atoms with Crippen LogP contribution in [-0.2, 0) is 7.05 Å². The lowest BCUT2D eigenvalue weighted by atomic mass is 10.0. The molecule has 0 atom stereocenters. The summed E-state index contributed by atoms with van der Waals surface area (Å²) in [6, 6.07) is 8.63. The number of phenolic OH excluding ortho intramolecular Hbond substituents is 2. The summed E-state index contributed by atoms with van der Waals surface area (Å²) in [6.45, 7) is 3.97. The highest BCUT2D eigenvalue weighted by Crippen LogP contribution is 2.40. The molecule has 0 fully saturated rings. The van der Waals surface area contributed by atoms with Gasteiger partial charge in [-0.1, -0.05) is 6.07 Å². The monoisotopic (exact) mass is 376 g/mol. The zero-order chi connectivity index (χ0) is 20.0. The molecule has 0 saturated heterocycles. The van der Waals surface area contributed by atoms with Crippen LogP contribution in [-0.4, -0.2) is 37.1 Å². The number of methoxy groups -OCH3 is 1. The molecule has 142 valence electrons. The van der Waals surface area contributed by atoms with Crippen LogP contribution in [0, 0.1) is 13.8 Å². The molecule has 0 aliphatic rings. The van der Waals surface area contributed by atoms with E-state index < -0.39 is 0 Å². The van der Waals surface area contributed by atoms with Crippen molar-refractivity contribution >= 4 is 11.0 Å². The van der Waals surface area contributed by atoms with Gasteiger partial charge in [0, 0.05) is 36.1 Å². The predicted molar refractivity (Wildman–Crippen MR) is 107 cm³/mol. The molecule has 3 heterocycles. The summed E-state index contributed by atoms with van der Waals surface area (Å²) < 4.78 is 6.95. The fourth-order valence-corrected chi connectivity index (χ4v) is 3.23. The van der Waals surface area contributed by atoms with Crippen LogP contribution in [0.1, 0.15) is 11.3 Å². The van der Waals surface area contributed by atoms with Crippen LogP contribution in [0.15, 0.2) is 36.5 Å². The highest BCUT2D eigenvalue weighted by Gasteiger charge is 2.19. The molecular formula is C21H20N4O3. The van der Waals surface area contributed by atoms with Gasteiger partial charge >= 0.3 is 0 Å². The number of rotatable bonds is 3. The van der Waals surface area contributed by atoms with E-state index in [1.165, 1.54) is 13.2 Å². The Morgan fingerprint density at radius 3 is 2.43 bits per heavy atom. The average molecular weight is 376 g/mol. The van der Waals surface area contributed by atoms with E-state index in [0.717, 1.165) is 27.9 Å². The first-order valence-electron chi connectivity index (χ1n) is 8.76. The van der Waals surface area contributed by atoms with Gasteiger partial charge in [-0.3, -0.25) is 9.67 Å². The summed E-state index contributed by atoms with van der Waals surface area (Å²) in [5.41, 5.74) is 5.21. The number of hydrogen-bond donors (Lipinski definition) is 2. The number of aryl methyl sites for hydroxylation is 3. The fourth-order valence-electron chi connectivity index (χ4n) is 3.23. The highest BCUT2D eigenvalue weighted by atomic mass is 16.5. The predicted octanol–water partition coefficient (Wildman–Crippen LogP) is 3.73. The first-order chi connectivity index (χ1) is 13.4. The van der Waals surface area contributed by atoms with Crippen molar-refractivity contribution in [3.8, 4) is 39.8 Å². The molecule has 7 nitrogen and oxygen atoms in total. The van der Waals surface area contributed by atoms with E-state index >= 15 is 0 Å². The van der Waals surface area contributed by atoms with Gasteiger partial charge in [0.1, 0.15) is 5.75 Å². The third-order valence-corrected chi connectivity index (χ3v) is 4.85. The Labute approximate surface area is 161 Å². The van der Waals surface area contributed by atoms with Crippen LogP contribution in [0.4, 0.5) is 0 Å². The Morgan fingerprint density at radius 2 is 1.75 bits per heavy atom. The molecule has 4 aromatic rings. The molecule has 0 bridgehead atoms. The smallest absolute Gasteiger partial charge is 0.182 e. The Morgan fingerprint density at radius 1 is 0.964 bits per heavy atom. The molecule has 0 aliphatic heterocycles. The molecule has 0 saturated carbocycles. The number of aromatic hydroxyl groups is 2. The van der Waals surface area contributed by atoms with Gasteiger partial charge in [-0.15, -0.1) is 0 Å². The van der Waals surface area contributed by atoms with Gasteiger partial charge in [0.15, 0.2) is 17.1 Å². The van der Waals surface area contributed by atoms with Crippen LogP contribution in [0.2, 0.25) is 0 Å². The second-order valence-electron chi connectivity index (χ2n) is 6.72. The Hall–Kier alpha value is -3.61. The minimum Gasteiger partial charge on any atom is -0.507 e. The van der Waals surface area contributed by atoms with Crippen molar-refractivity contribution in [3.05, 3.63) is 47.8 Å². The van der Waals surface area contributed by atoms with Gasteiger partial charge in [-0.05, 0) is 37.6 Å². The molecule has 0 radical (unpaired) electrons. The third-order valence-electron chi connectivity index (χ3n) is 4.85. The van der Waals surface area contributed by atoms with Gasteiger partial charge in [0.2, 0.25) is 0 Å². The van der Waals surface area contributed by atoms with Gasteiger partial charge in [-0.2, -0.15) is 5.10 Å². The number of phenols is 2. The van der Waals surface area contributed by atoms with Crippen LogP contribution in [0.5, 0.6) is 17.2 Å². The van der Waals surface area contributed by atoms with Gasteiger partial charge in [-0.25, -0.2) is 4.98 Å². The summed E-state index contributed by atoms with van der Waals surface area (Å²) >= 11 is 0. The second-order valence-corrected chi connectivity index (χ2v) is 6.72. The molecule has 7 heteroatoms. The minimum absolute atomic E-state index is 0.0966. The van der Waals surface area contributed by atoms with Crippen LogP contribution in [0.25, 0.3) is 33.5 Å². The molecule has 0 spiro atoms. The zero-order valence-electron chi connectivity index (χ0n) is 16.1. The number of pyridine rings is 2. The van der Waals surface area contributed by atoms with E-state index in [9.17, 15) is 10.2 Å². The number of hydrogen-bond acceptors (Lipinski definition) is 6. The van der Waals surface area contributed by atoms with Crippen LogP contribution < -0.4 is 4.74 Å². The quantitative estimate of drug-likeness (QED) is 0.566. The van der Waals surface area contributed by atoms with Gasteiger partial charge in [0.25, 0.3) is 0 Å². The van der Waals surface area contributed by atoms with E-state index in [-0.39, 0.29) is 17.2 Å². The molecule has 0 unspecified atom stereocenters. The normalized spacial score (nSPS) is 11.1. The van der Waals surface area contributed by atoms with Crippen molar-refractivity contribution in [3.63, 3.8) is 0 Å². The highest BCUT2D eigenvalue weighted by molar-refractivity contribution is 5.96. The third kappa shape index (κ3) is 2.81. The Kier molecular flexibility index (Phi) is 4.15. The minimum atomic E-state index is -0.140. The van der Waals surface area contributed by atoms with E-state index in [2.05, 4.69) is 15.1 Å². The Bertz CT molecular complexity index is 1200. The lowest BCUT2D eigenvalue weighted by Gasteiger charge is -2.11. The Balaban J connectivity index is 2.03. The van der Waals surface area contributed by atoms with E-state index in [0.29, 0.717) is 16.9 Å². The SMILES string of the molecule is COc1cc(-c2cc(-c3ccc(C)cn3)c3c(C)n(C)nc3n2)c(O)cc1O. The van der Waals surface area contributed by atoms with Crippen LogP contribution in [0.3, 0.4) is 0 Å². The fraction of sp³-hybridized carbons (Fsp3) is 0.190. The maximum Gasteiger partial charge on any atom is 0.182 e. The number of aromatic nitrogens is 4. The van der Waals surface area contributed by atoms with E-state index in [4.69, 9.17) is 4.74 Å². The summed E-state index contributed by atoms with van der Waals surface area (Å²) in [7, 11) is 3.32. The van der Waals surface area contributed by atoms with E-state index in [1.54, 1.807) is 10.7 Å². The molecule has 0 amide bonds. The summed E-state index contributed by atoms with van der Waals surface area (Å²) in [5, 5.41) is 25.7. The number of nitrogens with zero attached hydrogens (tertiary/aromatic N) is 4. The summed E-state index contributed by atoms with van der Waals surface area (Å²) in [6.07, 6.45) is 1.81. The van der Waals surface area contributed by atoms with Crippen molar-refractivity contribution < 1.29 is 14.9 Å². The standard InChI is InChI=1S/C21H20N4O3/c1-11-5-6-15(22-10-11)14-7-16(23-21-20(14)12(2)25(3)24-21)13-8-19(28-4)18(27)9-17(13)26/h5-10,26-27H,1-4H3. The van der Waals surface area contributed by atoms with Crippen molar-refractivity contribution in [2.45, 2.75) is 13.8 Å². The molecule has 28 heavy (non-hydrogen) atoms. The lowest BCUT2D eigenvalue weighted by Crippen LogP contribution is -1.93. The maximum absolute atomic E-state index is 10.4. The average Bonchev–Trinajstić information content (AvgIpc) is 2.96. The molecule has 1 aromatic carbocycles. The van der Waals surface area contributed by atoms with Gasteiger partial charge < -0.3 is 14.9 Å². The lowest BCUT2D eigenvalue weighted by molar-refractivity contribution is 0.370. The first kappa shape index (κ1) is 17.8. The summed E-state index contributed by atoms with van der Waals surface area (Å²) in [5.74, 6) is 0.0152. The van der Waals surface area contributed by atoms with Crippen molar-refractivity contribution in [1.29, 1.82) is 0 Å². The number of fused-ring (bicyclic) bond motifs is 1. The molecule has 4 rings (SSSR count). The molecule has 0 aliphatic carbocycles. The second kappa shape index (κ2) is 6.53. The van der Waals surface area contributed by atoms with Crippen molar-refractivity contribution in [2.24, 2.45) is 7.05 Å². The van der Waals surface area contributed by atoms with Gasteiger partial charge in [0.05, 0.1) is 23.9 Å². The number of ether oxygens (including phenoxy) is 1. The summed E-state index contributed by atoms with van der Waals surface area (Å²) in [4.78, 5) is 9.20.